The standard InChI is InChI=1S/CH3N3/c1-3-4-2/h1H3/i1D3. The minimum atomic E-state index is -2.49. The van der Waals surface area contributed by atoms with E-state index in [9.17, 15) is 0 Å². The summed E-state index contributed by atoms with van der Waals surface area (Å²) < 4.78 is 18.7. The molecular formula is CH3N3. The van der Waals surface area contributed by atoms with Gasteiger partial charge in [0.1, 0.15) is 0 Å². The molecule has 0 saturated carbocycles. The first-order chi connectivity index (χ1) is 3.06. The molecule has 0 aliphatic carbocycles. The van der Waals surface area contributed by atoms with Crippen LogP contribution < -0.4 is 0 Å². The number of rotatable bonds is 0. The Bertz CT molecular complexity index is 97.2. The lowest BCUT2D eigenvalue weighted by Gasteiger charge is -1.35. The molecule has 0 unspecified atom stereocenters. The Morgan fingerprint density at radius 3 is 3.25 bits per heavy atom. The topological polar surface area (TPSA) is 48.8 Å². The number of azide groups is 1. The van der Waals surface area contributed by atoms with Gasteiger partial charge in [-0.2, -0.15) is 0 Å². The predicted octanol–water partition coefficient (Wildman–Crippen LogP) is 0.927. The molecule has 0 aromatic heterocycles. The van der Waals surface area contributed by atoms with E-state index >= 15 is 0 Å². The molecule has 0 N–H and O–H groups in total. The van der Waals surface area contributed by atoms with Crippen LogP contribution in [0.1, 0.15) is 4.11 Å². The van der Waals surface area contributed by atoms with Crippen molar-refractivity contribution < 1.29 is 4.11 Å². The van der Waals surface area contributed by atoms with Crippen molar-refractivity contribution in [3.05, 3.63) is 10.4 Å². The third-order valence-electron chi connectivity index (χ3n) is 0.0447. The predicted molar refractivity (Wildman–Crippen MR) is 15.1 cm³/mol. The molecule has 4 heavy (non-hydrogen) atoms. The van der Waals surface area contributed by atoms with Crippen molar-refractivity contribution in [1.82, 2.24) is 0 Å². The summed E-state index contributed by atoms with van der Waals surface area (Å²) in [5.41, 5.74) is 7.50. The third kappa shape index (κ3) is 1.31. The van der Waals surface area contributed by atoms with E-state index in [1.54, 1.807) is 0 Å². The number of hydrogen-bond acceptors (Lipinski definition) is 1. The fourth-order valence-electron chi connectivity index (χ4n) is 0. The number of hydrogen-bond donors (Lipinski definition) is 0. The van der Waals surface area contributed by atoms with Gasteiger partial charge in [0.15, 0.2) is 0 Å². The van der Waals surface area contributed by atoms with Crippen LogP contribution in [0.3, 0.4) is 0 Å². The largest absolute Gasteiger partial charge is 0.0973 e. The minimum Gasteiger partial charge on any atom is -0.0973 e. The van der Waals surface area contributed by atoms with Crippen LogP contribution in [0.15, 0.2) is 5.11 Å². The summed E-state index contributed by atoms with van der Waals surface area (Å²) in [6.45, 7) is -2.49. The molecule has 0 spiro atoms. The van der Waals surface area contributed by atoms with Gasteiger partial charge in [-0.15, -0.1) is 0 Å². The average Bonchev–Trinajstić information content (AvgIpc) is 1.30. The van der Waals surface area contributed by atoms with Crippen molar-refractivity contribution in [1.29, 1.82) is 0 Å². The molecule has 3 heteroatoms. The molecule has 0 radical (unpaired) electrons. The molecule has 0 aliphatic rings. The summed E-state index contributed by atoms with van der Waals surface area (Å²) in [7, 11) is 0. The van der Waals surface area contributed by atoms with Crippen molar-refractivity contribution in [2.45, 2.75) is 0 Å². The van der Waals surface area contributed by atoms with Gasteiger partial charge >= 0.3 is 0 Å². The van der Waals surface area contributed by atoms with Crippen LogP contribution >= 0.6 is 0 Å². The van der Waals surface area contributed by atoms with Crippen molar-refractivity contribution >= 4 is 0 Å². The highest BCUT2D eigenvalue weighted by molar-refractivity contribution is 4.30. The van der Waals surface area contributed by atoms with Crippen LogP contribution in [0, 0.1) is 0 Å². The Kier molecular flexibility index (Phi) is 0.362. The monoisotopic (exact) mass is 60.1 g/mol. The quantitative estimate of drug-likeness (QED) is 0.227. The molecule has 0 bridgehead atoms. The molecule has 0 amide bonds. The molecule has 0 atom stereocenters. The summed E-state index contributed by atoms with van der Waals surface area (Å²) in [5, 5.41) is 2.44. The smallest absolute Gasteiger partial charge is 0.0287 e. The lowest BCUT2D eigenvalue weighted by Crippen LogP contribution is -1.22. The molecule has 0 heterocycles. The Hall–Kier alpha value is -0.690. The van der Waals surface area contributed by atoms with Gasteiger partial charge < -0.3 is 0 Å². The van der Waals surface area contributed by atoms with E-state index in [1.807, 2.05) is 0 Å². The highest BCUT2D eigenvalue weighted by Crippen LogP contribution is 1.46. The third-order valence-corrected chi connectivity index (χ3v) is 0.0447. The molecule has 0 aromatic carbocycles. The van der Waals surface area contributed by atoms with Crippen molar-refractivity contribution in [2.24, 2.45) is 5.11 Å². The second-order valence-corrected chi connectivity index (χ2v) is 0.189. The fourth-order valence-corrected chi connectivity index (χ4v) is 0. The van der Waals surface area contributed by atoms with Gasteiger partial charge in [0.25, 0.3) is 0 Å². The molecule has 0 aromatic rings. The van der Waals surface area contributed by atoms with Gasteiger partial charge in [0.05, 0.1) is 0 Å². The van der Waals surface area contributed by atoms with Crippen LogP contribution in [0.5, 0.6) is 0 Å². The number of nitrogens with zero attached hydrogens (tertiary/aromatic N) is 3. The minimum absolute atomic E-state index is 2.07. The summed E-state index contributed by atoms with van der Waals surface area (Å²) >= 11 is 0. The average molecular weight is 60.1 g/mol. The van der Waals surface area contributed by atoms with Gasteiger partial charge in [0, 0.05) is 16.0 Å². The summed E-state index contributed by atoms with van der Waals surface area (Å²) in [5.74, 6) is 0. The zero-order valence-corrected chi connectivity index (χ0v) is 1.84. The zero-order chi connectivity index (χ0) is 5.91. The Morgan fingerprint density at radius 2 is 3.25 bits per heavy atom. The first-order valence-corrected chi connectivity index (χ1v) is 0.624. The molecular weight excluding hydrogens is 54.0 g/mol. The van der Waals surface area contributed by atoms with E-state index in [0.717, 1.165) is 0 Å². The maximum absolute atomic E-state index is 7.50. The van der Waals surface area contributed by atoms with Gasteiger partial charge in [-0.25, -0.2) is 0 Å². The molecule has 0 aliphatic heterocycles. The van der Waals surface area contributed by atoms with E-state index in [2.05, 4.69) is 10.0 Å². The molecule has 0 saturated heterocycles. The first kappa shape index (κ1) is 0.626. The van der Waals surface area contributed by atoms with E-state index < -0.39 is 6.98 Å². The lowest BCUT2D eigenvalue weighted by atomic mass is 11.6. The fraction of sp³-hybridized carbons (Fsp3) is 1.00. The van der Waals surface area contributed by atoms with Crippen molar-refractivity contribution in [2.75, 3.05) is 6.98 Å². The first-order valence-electron chi connectivity index (χ1n) is 2.12. The van der Waals surface area contributed by atoms with Crippen LogP contribution in [-0.4, -0.2) is 6.98 Å². The molecule has 0 rings (SSSR count). The normalized spacial score (nSPS) is 18.5. The second-order valence-electron chi connectivity index (χ2n) is 0.189. The highest BCUT2D eigenvalue weighted by atomic mass is 15.1. The van der Waals surface area contributed by atoms with Gasteiger partial charge in [-0.1, -0.05) is 5.11 Å². The molecule has 0 fully saturated rings. The summed E-state index contributed by atoms with van der Waals surface area (Å²) in [6.07, 6.45) is 0. The molecule has 22 valence electrons. The maximum Gasteiger partial charge on any atom is 0.0287 e. The van der Waals surface area contributed by atoms with E-state index in [1.165, 1.54) is 0 Å². The van der Waals surface area contributed by atoms with Crippen LogP contribution in [-0.2, 0) is 0 Å². The zero-order valence-electron chi connectivity index (χ0n) is 4.84. The van der Waals surface area contributed by atoms with Crippen molar-refractivity contribution in [3.63, 3.8) is 0 Å². The van der Waals surface area contributed by atoms with E-state index in [0.29, 0.717) is 0 Å². The second kappa shape index (κ2) is 2.31. The Morgan fingerprint density at radius 1 is 2.50 bits per heavy atom. The van der Waals surface area contributed by atoms with E-state index in [-0.39, 0.29) is 0 Å². The summed E-state index contributed by atoms with van der Waals surface area (Å²) in [4.78, 5) is 2.07. The van der Waals surface area contributed by atoms with Gasteiger partial charge in [-0.3, -0.25) is 0 Å². The van der Waals surface area contributed by atoms with Gasteiger partial charge in [-0.05, 0) is 5.53 Å². The SMILES string of the molecule is [2H]C([2H])([2H])N=[N+]=[N-]. The van der Waals surface area contributed by atoms with Crippen molar-refractivity contribution in [3.8, 4) is 0 Å². The van der Waals surface area contributed by atoms with Crippen LogP contribution in [0.4, 0.5) is 0 Å². The lowest BCUT2D eigenvalue weighted by molar-refractivity contribution is 1.40. The summed E-state index contributed by atoms with van der Waals surface area (Å²) in [6, 6.07) is 0. The van der Waals surface area contributed by atoms with Gasteiger partial charge in [0.2, 0.25) is 0 Å². The van der Waals surface area contributed by atoms with Crippen LogP contribution in [0.25, 0.3) is 10.4 Å². The highest BCUT2D eigenvalue weighted by Gasteiger charge is 1.27. The molecule has 3 nitrogen and oxygen atoms in total. The van der Waals surface area contributed by atoms with E-state index in [4.69, 9.17) is 9.64 Å². The van der Waals surface area contributed by atoms with Crippen LogP contribution in [0.2, 0.25) is 0 Å². The maximum atomic E-state index is 7.50. The Balaban J connectivity index is 3.80. The Labute approximate surface area is 28.1 Å².